The monoisotopic (exact) mass is 366 g/mol. The highest BCUT2D eigenvalue weighted by molar-refractivity contribution is 6.35. The SMILES string of the molecule is COc1ccc(N(C)Cc2c(Cl)cncc2Cl)cc1OCC1CC1. The van der Waals surface area contributed by atoms with Gasteiger partial charge >= 0.3 is 0 Å². The van der Waals surface area contributed by atoms with Crippen LogP contribution in [-0.2, 0) is 6.54 Å². The Morgan fingerprint density at radius 3 is 2.50 bits per heavy atom. The minimum absolute atomic E-state index is 0.563. The van der Waals surface area contributed by atoms with Gasteiger partial charge < -0.3 is 14.4 Å². The number of benzene rings is 1. The second-order valence-corrected chi connectivity index (χ2v) is 6.84. The van der Waals surface area contributed by atoms with E-state index in [1.807, 2.05) is 25.2 Å². The molecule has 2 aromatic rings. The van der Waals surface area contributed by atoms with Gasteiger partial charge in [0, 0.05) is 43.3 Å². The molecule has 1 aromatic carbocycles. The molecule has 24 heavy (non-hydrogen) atoms. The molecule has 0 radical (unpaired) electrons. The number of ether oxygens (including phenoxy) is 2. The van der Waals surface area contributed by atoms with E-state index in [2.05, 4.69) is 9.88 Å². The number of nitrogens with zero attached hydrogens (tertiary/aromatic N) is 2. The molecule has 0 bridgehead atoms. The van der Waals surface area contributed by atoms with Gasteiger partial charge in [0.15, 0.2) is 11.5 Å². The minimum Gasteiger partial charge on any atom is -0.493 e. The molecular formula is C18H20Cl2N2O2. The molecule has 1 fully saturated rings. The molecule has 0 atom stereocenters. The molecule has 0 aliphatic heterocycles. The molecular weight excluding hydrogens is 347 g/mol. The quantitative estimate of drug-likeness (QED) is 0.703. The van der Waals surface area contributed by atoms with Crippen molar-refractivity contribution in [3.8, 4) is 11.5 Å². The number of methoxy groups -OCH3 is 1. The topological polar surface area (TPSA) is 34.6 Å². The number of rotatable bonds is 7. The third-order valence-corrected chi connectivity index (χ3v) is 4.76. The molecule has 0 spiro atoms. The first-order chi connectivity index (χ1) is 11.6. The molecule has 1 aromatic heterocycles. The summed E-state index contributed by atoms with van der Waals surface area (Å²) in [6.07, 6.45) is 5.71. The number of hydrogen-bond acceptors (Lipinski definition) is 4. The maximum Gasteiger partial charge on any atom is 0.163 e. The summed E-state index contributed by atoms with van der Waals surface area (Å²) in [5, 5.41) is 1.13. The van der Waals surface area contributed by atoms with E-state index >= 15 is 0 Å². The zero-order valence-corrected chi connectivity index (χ0v) is 15.3. The van der Waals surface area contributed by atoms with Crippen molar-refractivity contribution >= 4 is 28.9 Å². The van der Waals surface area contributed by atoms with E-state index in [1.54, 1.807) is 19.5 Å². The Bertz CT molecular complexity index is 700. The Morgan fingerprint density at radius 1 is 1.17 bits per heavy atom. The smallest absolute Gasteiger partial charge is 0.163 e. The highest BCUT2D eigenvalue weighted by atomic mass is 35.5. The number of halogens is 2. The fourth-order valence-corrected chi connectivity index (χ4v) is 2.91. The summed E-state index contributed by atoms with van der Waals surface area (Å²) in [4.78, 5) is 6.06. The van der Waals surface area contributed by atoms with Gasteiger partial charge in [0.2, 0.25) is 0 Å². The molecule has 1 aliphatic rings. The van der Waals surface area contributed by atoms with Crippen molar-refractivity contribution < 1.29 is 9.47 Å². The molecule has 4 nitrogen and oxygen atoms in total. The van der Waals surface area contributed by atoms with Crippen LogP contribution in [0.15, 0.2) is 30.6 Å². The molecule has 3 rings (SSSR count). The largest absolute Gasteiger partial charge is 0.493 e. The van der Waals surface area contributed by atoms with Gasteiger partial charge in [0.05, 0.1) is 23.8 Å². The first kappa shape index (κ1) is 17.2. The fourth-order valence-electron chi connectivity index (χ4n) is 2.43. The summed E-state index contributed by atoms with van der Waals surface area (Å²) in [6, 6.07) is 5.90. The molecule has 0 saturated heterocycles. The third kappa shape index (κ3) is 4.05. The normalized spacial score (nSPS) is 13.7. The van der Waals surface area contributed by atoms with Crippen LogP contribution in [0.3, 0.4) is 0 Å². The first-order valence-corrected chi connectivity index (χ1v) is 8.64. The van der Waals surface area contributed by atoms with Crippen LogP contribution in [0.25, 0.3) is 0 Å². The molecule has 1 heterocycles. The van der Waals surface area contributed by atoms with Crippen LogP contribution < -0.4 is 14.4 Å². The van der Waals surface area contributed by atoms with Crippen LogP contribution in [0.4, 0.5) is 5.69 Å². The Labute approximate surface area is 152 Å². The van der Waals surface area contributed by atoms with Crippen molar-refractivity contribution in [2.75, 3.05) is 25.7 Å². The van der Waals surface area contributed by atoms with Gasteiger partial charge in [-0.05, 0) is 30.9 Å². The molecule has 128 valence electrons. The van der Waals surface area contributed by atoms with Gasteiger partial charge in [0.25, 0.3) is 0 Å². The van der Waals surface area contributed by atoms with Crippen molar-refractivity contribution in [2.24, 2.45) is 5.92 Å². The van der Waals surface area contributed by atoms with Crippen LogP contribution in [0, 0.1) is 5.92 Å². The molecule has 0 amide bonds. The zero-order chi connectivity index (χ0) is 17.1. The van der Waals surface area contributed by atoms with E-state index in [0.717, 1.165) is 29.4 Å². The van der Waals surface area contributed by atoms with Gasteiger partial charge in [-0.15, -0.1) is 0 Å². The van der Waals surface area contributed by atoms with Gasteiger partial charge in [-0.2, -0.15) is 0 Å². The molecule has 6 heteroatoms. The van der Waals surface area contributed by atoms with Crippen LogP contribution >= 0.6 is 23.2 Å². The summed E-state index contributed by atoms with van der Waals surface area (Å²) in [5.41, 5.74) is 1.86. The van der Waals surface area contributed by atoms with Crippen molar-refractivity contribution in [1.82, 2.24) is 4.98 Å². The maximum atomic E-state index is 6.21. The maximum absolute atomic E-state index is 6.21. The van der Waals surface area contributed by atoms with Crippen LogP contribution in [0.5, 0.6) is 11.5 Å². The van der Waals surface area contributed by atoms with Gasteiger partial charge in [0.1, 0.15) is 0 Å². The van der Waals surface area contributed by atoms with Gasteiger partial charge in [-0.25, -0.2) is 0 Å². The van der Waals surface area contributed by atoms with Crippen LogP contribution in [-0.4, -0.2) is 25.7 Å². The van der Waals surface area contributed by atoms with E-state index in [9.17, 15) is 0 Å². The van der Waals surface area contributed by atoms with Crippen molar-refractivity contribution in [3.63, 3.8) is 0 Å². The second kappa shape index (κ2) is 7.49. The lowest BCUT2D eigenvalue weighted by atomic mass is 10.2. The molecule has 1 aliphatic carbocycles. The van der Waals surface area contributed by atoms with Gasteiger partial charge in [-0.3, -0.25) is 4.98 Å². The average Bonchev–Trinajstić information content (AvgIpc) is 3.40. The van der Waals surface area contributed by atoms with Crippen molar-refractivity contribution in [3.05, 3.63) is 46.2 Å². The molecule has 1 saturated carbocycles. The highest BCUT2D eigenvalue weighted by Crippen LogP contribution is 2.35. The van der Waals surface area contributed by atoms with Gasteiger partial charge in [-0.1, -0.05) is 23.2 Å². The summed E-state index contributed by atoms with van der Waals surface area (Å²) in [7, 11) is 3.64. The third-order valence-electron chi connectivity index (χ3n) is 4.11. The molecule has 0 unspecified atom stereocenters. The van der Waals surface area contributed by atoms with E-state index in [4.69, 9.17) is 32.7 Å². The van der Waals surface area contributed by atoms with Crippen molar-refractivity contribution in [2.45, 2.75) is 19.4 Å². The Hall–Kier alpha value is -1.65. The van der Waals surface area contributed by atoms with E-state index in [-0.39, 0.29) is 0 Å². The highest BCUT2D eigenvalue weighted by Gasteiger charge is 2.22. The summed E-state index contributed by atoms with van der Waals surface area (Å²) in [5.74, 6) is 2.19. The zero-order valence-electron chi connectivity index (χ0n) is 13.8. The summed E-state index contributed by atoms with van der Waals surface area (Å²) >= 11 is 12.4. The fraction of sp³-hybridized carbons (Fsp3) is 0.389. The minimum atomic E-state index is 0.563. The lowest BCUT2D eigenvalue weighted by molar-refractivity contribution is 0.280. The van der Waals surface area contributed by atoms with E-state index in [0.29, 0.717) is 22.5 Å². The average molecular weight is 367 g/mol. The Morgan fingerprint density at radius 2 is 1.88 bits per heavy atom. The predicted molar refractivity (Wildman–Crippen MR) is 97.6 cm³/mol. The number of anilines is 1. The molecule has 0 N–H and O–H groups in total. The van der Waals surface area contributed by atoms with Crippen molar-refractivity contribution in [1.29, 1.82) is 0 Å². The Kier molecular flexibility index (Phi) is 5.36. The Balaban J connectivity index is 1.78. The summed E-state index contributed by atoms with van der Waals surface area (Å²) < 4.78 is 11.3. The lowest BCUT2D eigenvalue weighted by Crippen LogP contribution is -2.17. The first-order valence-electron chi connectivity index (χ1n) is 7.88. The number of pyridine rings is 1. The van der Waals surface area contributed by atoms with Crippen LogP contribution in [0.1, 0.15) is 18.4 Å². The van der Waals surface area contributed by atoms with E-state index < -0.39 is 0 Å². The van der Waals surface area contributed by atoms with Crippen LogP contribution in [0.2, 0.25) is 10.0 Å². The standard InChI is InChI=1S/C18H20Cl2N2O2/c1-22(10-14-15(19)8-21-9-16(14)20)13-5-6-17(23-2)18(7-13)24-11-12-3-4-12/h5-9,12H,3-4,10-11H2,1-2H3. The number of aromatic nitrogens is 1. The predicted octanol–water partition coefficient (Wildman–Crippen LogP) is 4.82. The number of hydrogen-bond donors (Lipinski definition) is 0. The second-order valence-electron chi connectivity index (χ2n) is 6.03. The van der Waals surface area contributed by atoms with E-state index in [1.165, 1.54) is 12.8 Å². The summed E-state index contributed by atoms with van der Waals surface area (Å²) in [6.45, 7) is 1.32. The lowest BCUT2D eigenvalue weighted by Gasteiger charge is -2.22.